The molecule has 0 aromatic carbocycles. The highest BCUT2D eigenvalue weighted by Crippen LogP contribution is 2.68. The normalized spacial score (nSPS) is 48.3. The lowest BCUT2D eigenvalue weighted by Crippen LogP contribution is -2.66. The Labute approximate surface area is 216 Å². The molecule has 4 fully saturated rings. The number of hydrogen-bond donors (Lipinski definition) is 3. The topological polar surface area (TPSA) is 104 Å². The zero-order valence-electron chi connectivity index (χ0n) is 23.2. The molecule has 13 atom stereocenters. The molecular weight excluding hydrogens is 456 g/mol. The third kappa shape index (κ3) is 4.39. The van der Waals surface area contributed by atoms with Crippen molar-refractivity contribution in [1.82, 2.24) is 0 Å². The Morgan fingerprint density at radius 1 is 1.06 bits per heavy atom. The second-order valence-corrected chi connectivity index (χ2v) is 13.6. The molecule has 4 rings (SSSR count). The van der Waals surface area contributed by atoms with E-state index in [1.807, 2.05) is 0 Å². The third-order valence-electron chi connectivity index (χ3n) is 11.2. The summed E-state index contributed by atoms with van der Waals surface area (Å²) in [6, 6.07) is 0. The van der Waals surface area contributed by atoms with E-state index in [4.69, 9.17) is 4.74 Å². The van der Waals surface area contributed by atoms with E-state index in [2.05, 4.69) is 53.7 Å². The number of rotatable bonds is 5. The monoisotopic (exact) mass is 504 g/mol. The van der Waals surface area contributed by atoms with E-state index in [0.29, 0.717) is 43.9 Å². The highest BCUT2D eigenvalue weighted by molar-refractivity contribution is 5.87. The van der Waals surface area contributed by atoms with E-state index in [9.17, 15) is 24.9 Å². The number of fused-ring (bicyclic) bond motifs is 5. The third-order valence-corrected chi connectivity index (χ3v) is 11.2. The lowest BCUT2D eigenvalue weighted by molar-refractivity contribution is -0.209. The lowest BCUT2D eigenvalue weighted by Gasteiger charge is -2.62. The van der Waals surface area contributed by atoms with Crippen LogP contribution in [0, 0.1) is 58.2 Å². The molecule has 3 N–H and O–H groups in total. The van der Waals surface area contributed by atoms with Gasteiger partial charge in [0.1, 0.15) is 12.2 Å². The summed E-state index contributed by atoms with van der Waals surface area (Å²) in [5.74, 6) is -0.530. The van der Waals surface area contributed by atoms with Crippen LogP contribution >= 0.6 is 0 Å². The van der Waals surface area contributed by atoms with Crippen molar-refractivity contribution < 1.29 is 29.6 Å². The average molecular weight is 505 g/mol. The number of carbonyl (C=O) groups is 2. The van der Waals surface area contributed by atoms with Crippen LogP contribution in [0.3, 0.4) is 0 Å². The van der Waals surface area contributed by atoms with Gasteiger partial charge in [-0.15, -0.1) is 0 Å². The quantitative estimate of drug-likeness (QED) is 0.384. The molecule has 0 aromatic heterocycles. The number of Topliss-reactive ketones (excluding diaryl/α,β-unsaturated/α-hetero) is 1. The molecule has 0 radical (unpaired) electrons. The summed E-state index contributed by atoms with van der Waals surface area (Å²) < 4.78 is 5.93. The van der Waals surface area contributed by atoms with Gasteiger partial charge in [0.15, 0.2) is 5.78 Å². The van der Waals surface area contributed by atoms with Crippen molar-refractivity contribution in [1.29, 1.82) is 0 Å². The van der Waals surface area contributed by atoms with Crippen LogP contribution in [0.5, 0.6) is 0 Å². The van der Waals surface area contributed by atoms with Crippen molar-refractivity contribution in [2.75, 3.05) is 0 Å². The summed E-state index contributed by atoms with van der Waals surface area (Å²) in [6.45, 7) is 14.5. The zero-order valence-corrected chi connectivity index (χ0v) is 23.2. The molecule has 0 aliphatic heterocycles. The van der Waals surface area contributed by atoms with Crippen molar-refractivity contribution in [3.63, 3.8) is 0 Å². The Morgan fingerprint density at radius 3 is 2.33 bits per heavy atom. The van der Waals surface area contributed by atoms with Crippen LogP contribution in [0.1, 0.15) is 80.6 Å². The molecule has 36 heavy (non-hydrogen) atoms. The zero-order chi connectivity index (χ0) is 26.7. The lowest BCUT2D eigenvalue weighted by atomic mass is 9.42. The second-order valence-electron chi connectivity index (χ2n) is 13.6. The van der Waals surface area contributed by atoms with Crippen molar-refractivity contribution in [2.24, 2.45) is 58.2 Å². The Morgan fingerprint density at radius 2 is 1.72 bits per heavy atom. The number of aliphatic hydroxyl groups is 3. The Hall–Kier alpha value is -1.24. The number of allylic oxidation sites excluding steroid dienone is 2. The summed E-state index contributed by atoms with van der Waals surface area (Å²) in [7, 11) is 0. The van der Waals surface area contributed by atoms with E-state index in [-0.39, 0.29) is 52.9 Å². The second kappa shape index (κ2) is 9.81. The molecule has 0 saturated heterocycles. The van der Waals surface area contributed by atoms with Gasteiger partial charge in [0, 0.05) is 24.7 Å². The summed E-state index contributed by atoms with van der Waals surface area (Å²) in [5.41, 5.74) is -0.835. The number of esters is 1. The van der Waals surface area contributed by atoms with Crippen LogP contribution < -0.4 is 0 Å². The molecule has 0 spiro atoms. The molecule has 0 aromatic rings. The van der Waals surface area contributed by atoms with Gasteiger partial charge < -0.3 is 20.1 Å². The van der Waals surface area contributed by atoms with Gasteiger partial charge in [-0.2, -0.15) is 0 Å². The summed E-state index contributed by atoms with van der Waals surface area (Å²) in [6.07, 6.45) is 4.60. The maximum atomic E-state index is 13.5. The van der Waals surface area contributed by atoms with Gasteiger partial charge >= 0.3 is 5.97 Å². The Bertz CT molecular complexity index is 883. The Kier molecular flexibility index (Phi) is 7.57. The minimum atomic E-state index is -1.17. The van der Waals surface area contributed by atoms with Crippen LogP contribution in [0.25, 0.3) is 0 Å². The summed E-state index contributed by atoms with van der Waals surface area (Å²) in [5, 5.41) is 33.5. The van der Waals surface area contributed by atoms with Gasteiger partial charge in [-0.25, -0.2) is 0 Å². The summed E-state index contributed by atoms with van der Waals surface area (Å²) >= 11 is 0. The molecule has 0 amide bonds. The largest absolute Gasteiger partial charge is 0.462 e. The van der Waals surface area contributed by atoms with Gasteiger partial charge in [-0.1, -0.05) is 53.7 Å². The molecule has 4 saturated carbocycles. The predicted octanol–water partition coefficient (Wildman–Crippen LogP) is 4.15. The van der Waals surface area contributed by atoms with Crippen LogP contribution in [-0.2, 0) is 14.3 Å². The van der Waals surface area contributed by atoms with Crippen molar-refractivity contribution >= 4 is 11.8 Å². The van der Waals surface area contributed by atoms with Gasteiger partial charge in [0.25, 0.3) is 0 Å². The van der Waals surface area contributed by atoms with Crippen LogP contribution in [0.4, 0.5) is 0 Å². The number of aliphatic hydroxyl groups excluding tert-OH is 3. The van der Waals surface area contributed by atoms with Crippen molar-refractivity contribution in [2.45, 2.75) is 105 Å². The standard InChI is InChI=1S/C30H48O6/c1-15(2)16(3)8-9-17(4)25-23(36-18(5)31)13-20-24-26(22(33)14-30(20,25)7)29(6)11-10-19(32)12-21(29)27(34)28(24)35/h8-9,15-17,19-26,28,32-33,35H,10-14H2,1-7H3/b9-8+. The molecule has 4 aliphatic rings. The molecule has 0 bridgehead atoms. The number of carbonyl (C=O) groups excluding carboxylic acids is 2. The van der Waals surface area contributed by atoms with Crippen molar-refractivity contribution in [3.8, 4) is 0 Å². The fourth-order valence-electron chi connectivity index (χ4n) is 9.12. The van der Waals surface area contributed by atoms with Gasteiger partial charge in [0.2, 0.25) is 0 Å². The summed E-state index contributed by atoms with van der Waals surface area (Å²) in [4.78, 5) is 25.7. The smallest absolute Gasteiger partial charge is 0.302 e. The van der Waals surface area contributed by atoms with Crippen LogP contribution in [0.15, 0.2) is 12.2 Å². The molecule has 4 aliphatic carbocycles. The van der Waals surface area contributed by atoms with Crippen LogP contribution in [0.2, 0.25) is 0 Å². The van der Waals surface area contributed by atoms with E-state index in [1.54, 1.807) is 0 Å². The van der Waals surface area contributed by atoms with Gasteiger partial charge in [-0.3, -0.25) is 9.59 Å². The van der Waals surface area contributed by atoms with E-state index in [0.717, 1.165) is 0 Å². The first-order valence-corrected chi connectivity index (χ1v) is 14.2. The predicted molar refractivity (Wildman–Crippen MR) is 138 cm³/mol. The fraction of sp³-hybridized carbons (Fsp3) is 0.867. The van der Waals surface area contributed by atoms with E-state index >= 15 is 0 Å². The fourth-order valence-corrected chi connectivity index (χ4v) is 9.12. The molecular formula is C30H48O6. The minimum Gasteiger partial charge on any atom is -0.462 e. The van der Waals surface area contributed by atoms with Gasteiger partial charge in [-0.05, 0) is 72.5 Å². The Balaban J connectivity index is 1.73. The van der Waals surface area contributed by atoms with Crippen molar-refractivity contribution in [3.05, 3.63) is 12.2 Å². The van der Waals surface area contributed by atoms with E-state index in [1.165, 1.54) is 6.92 Å². The number of ketones is 1. The molecule has 6 heteroatoms. The molecule has 0 heterocycles. The minimum absolute atomic E-state index is 0.0152. The molecule has 6 nitrogen and oxygen atoms in total. The maximum Gasteiger partial charge on any atom is 0.302 e. The maximum absolute atomic E-state index is 13.5. The highest BCUT2D eigenvalue weighted by Gasteiger charge is 2.69. The average Bonchev–Trinajstić information content (AvgIpc) is 3.06. The number of hydrogen-bond acceptors (Lipinski definition) is 6. The molecule has 204 valence electrons. The molecule has 13 unspecified atom stereocenters. The highest BCUT2D eigenvalue weighted by atomic mass is 16.5. The van der Waals surface area contributed by atoms with E-state index < -0.39 is 29.6 Å². The first-order chi connectivity index (χ1) is 16.7. The number of ether oxygens (including phenoxy) is 1. The first kappa shape index (κ1) is 27.8. The van der Waals surface area contributed by atoms with Crippen LogP contribution in [-0.4, -0.2) is 51.5 Å². The first-order valence-electron chi connectivity index (χ1n) is 14.2. The van der Waals surface area contributed by atoms with Gasteiger partial charge in [0.05, 0.1) is 12.2 Å². The SMILES string of the molecule is CC(=O)OC1CC2C3C(O)C(=O)C4CC(O)CCC4(C)C3C(O)CC2(C)C1C(C)/C=C/C(C)C(C)C.